The Balaban J connectivity index is 1.00. The van der Waals surface area contributed by atoms with E-state index in [9.17, 15) is 14.4 Å². The molecule has 0 radical (unpaired) electrons. The van der Waals surface area contributed by atoms with Crippen LogP contribution in [0, 0.1) is 35.5 Å². The monoisotopic (exact) mass is 491 g/mol. The molecule has 4 aliphatic carbocycles. The molecule has 1 heterocycles. The predicted octanol–water partition coefficient (Wildman–Crippen LogP) is 5.04. The lowest BCUT2D eigenvalue weighted by atomic mass is 9.63. The Morgan fingerprint density at radius 2 is 1.35 bits per heavy atom. The van der Waals surface area contributed by atoms with Gasteiger partial charge in [0, 0.05) is 0 Å². The van der Waals surface area contributed by atoms with Crippen LogP contribution in [-0.4, -0.2) is 17.8 Å². The summed E-state index contributed by atoms with van der Waals surface area (Å²) in [6, 6.07) is 23.2. The molecule has 1 aliphatic heterocycles. The molecule has 0 spiro atoms. The van der Waals surface area contributed by atoms with Gasteiger partial charge in [0.2, 0.25) is 11.8 Å². The standard InChI is InChI=1S/C31H25NO5/c33-29-27-23-14-15-24(26-16-25(23)26)28(27)30(34)32(29)20-8-6-19(7-9-20)31(35)37-22-12-10-21(11-13-22)36-17-18-4-2-1-3-5-18/h1-15,23-28H,16-17H2/t23-,24+,25-,26-,27+,28-/m1/s1. The molecule has 3 aromatic rings. The summed E-state index contributed by atoms with van der Waals surface area (Å²) in [7, 11) is 0. The van der Waals surface area contributed by atoms with Crippen molar-refractivity contribution in [3.63, 3.8) is 0 Å². The third-order valence-electron chi connectivity index (χ3n) is 8.31. The number of esters is 1. The molecule has 0 unspecified atom stereocenters. The van der Waals surface area contributed by atoms with Crippen molar-refractivity contribution in [1.82, 2.24) is 0 Å². The van der Waals surface area contributed by atoms with Gasteiger partial charge in [-0.3, -0.25) is 14.5 Å². The highest BCUT2D eigenvalue weighted by molar-refractivity contribution is 6.22. The number of hydrogen-bond acceptors (Lipinski definition) is 5. The van der Waals surface area contributed by atoms with Gasteiger partial charge in [-0.1, -0.05) is 42.5 Å². The van der Waals surface area contributed by atoms with Gasteiger partial charge in [0.05, 0.1) is 23.1 Å². The number of hydrogen-bond donors (Lipinski definition) is 0. The van der Waals surface area contributed by atoms with E-state index < -0.39 is 5.97 Å². The molecule has 2 bridgehead atoms. The zero-order valence-corrected chi connectivity index (χ0v) is 20.0. The Morgan fingerprint density at radius 1 is 0.757 bits per heavy atom. The van der Waals surface area contributed by atoms with Gasteiger partial charge in [-0.05, 0) is 84.2 Å². The largest absolute Gasteiger partial charge is 0.489 e. The van der Waals surface area contributed by atoms with Gasteiger partial charge < -0.3 is 9.47 Å². The second kappa shape index (κ2) is 8.44. The van der Waals surface area contributed by atoms with Crippen LogP contribution in [0.4, 0.5) is 5.69 Å². The molecule has 6 heteroatoms. The Kier molecular flexibility index (Phi) is 5.03. The first kappa shape index (κ1) is 22.0. The SMILES string of the molecule is O=C(Oc1ccc(OCc2ccccc2)cc1)c1ccc(N2C(=O)[C@@H]3[C@H]4C=C[C@H]([C@H]5C[C@H]45)[C@@H]3C2=O)cc1. The molecule has 184 valence electrons. The third-order valence-corrected chi connectivity index (χ3v) is 8.31. The summed E-state index contributed by atoms with van der Waals surface area (Å²) < 4.78 is 11.3. The third kappa shape index (κ3) is 3.67. The summed E-state index contributed by atoms with van der Waals surface area (Å²) in [6.45, 7) is 0.453. The number of imide groups is 1. The maximum Gasteiger partial charge on any atom is 0.343 e. The number of amides is 2. The smallest absolute Gasteiger partial charge is 0.343 e. The summed E-state index contributed by atoms with van der Waals surface area (Å²) in [5, 5.41) is 0. The highest BCUT2D eigenvalue weighted by Crippen LogP contribution is 2.65. The minimum absolute atomic E-state index is 0.107. The molecular weight excluding hydrogens is 466 g/mol. The van der Waals surface area contributed by atoms with E-state index in [2.05, 4.69) is 12.2 Å². The fourth-order valence-electron chi connectivity index (χ4n) is 6.47. The van der Waals surface area contributed by atoms with E-state index in [4.69, 9.17) is 9.47 Å². The molecule has 6 atom stereocenters. The molecule has 3 fully saturated rings. The van der Waals surface area contributed by atoms with E-state index in [0.717, 1.165) is 12.0 Å². The molecule has 2 amide bonds. The van der Waals surface area contributed by atoms with Crippen LogP contribution in [0.15, 0.2) is 91.0 Å². The normalized spacial score (nSPS) is 28.6. The van der Waals surface area contributed by atoms with E-state index in [1.807, 2.05) is 30.3 Å². The lowest BCUT2D eigenvalue weighted by Gasteiger charge is -2.37. The van der Waals surface area contributed by atoms with Crippen molar-refractivity contribution in [2.24, 2.45) is 35.5 Å². The number of anilines is 1. The van der Waals surface area contributed by atoms with Crippen molar-refractivity contribution in [1.29, 1.82) is 0 Å². The van der Waals surface area contributed by atoms with Gasteiger partial charge in [0.1, 0.15) is 18.1 Å². The summed E-state index contributed by atoms with van der Waals surface area (Å²) >= 11 is 0. The number of ether oxygens (including phenoxy) is 2. The van der Waals surface area contributed by atoms with Crippen molar-refractivity contribution in [2.45, 2.75) is 13.0 Å². The number of rotatable bonds is 6. The van der Waals surface area contributed by atoms with Gasteiger partial charge in [-0.25, -0.2) is 4.79 Å². The summed E-state index contributed by atoms with van der Waals surface area (Å²) in [6.07, 6.45) is 5.46. The van der Waals surface area contributed by atoms with Crippen LogP contribution in [0.3, 0.4) is 0 Å². The van der Waals surface area contributed by atoms with Crippen LogP contribution in [0.1, 0.15) is 22.3 Å². The van der Waals surface area contributed by atoms with Crippen molar-refractivity contribution < 1.29 is 23.9 Å². The fraction of sp³-hybridized carbons (Fsp3) is 0.258. The molecule has 6 nitrogen and oxygen atoms in total. The average Bonchev–Trinajstić information content (AvgIpc) is 3.72. The van der Waals surface area contributed by atoms with Crippen molar-refractivity contribution in [3.8, 4) is 11.5 Å². The van der Waals surface area contributed by atoms with E-state index >= 15 is 0 Å². The Morgan fingerprint density at radius 3 is 1.97 bits per heavy atom. The molecule has 0 aromatic heterocycles. The zero-order valence-electron chi connectivity index (χ0n) is 20.0. The van der Waals surface area contributed by atoms with Crippen LogP contribution in [0.2, 0.25) is 0 Å². The van der Waals surface area contributed by atoms with E-state index in [-0.39, 0.29) is 35.5 Å². The van der Waals surface area contributed by atoms with Gasteiger partial charge in [0.25, 0.3) is 0 Å². The van der Waals surface area contributed by atoms with Crippen LogP contribution in [-0.2, 0) is 16.2 Å². The van der Waals surface area contributed by atoms with Crippen LogP contribution in [0.25, 0.3) is 0 Å². The number of allylic oxidation sites excluding steroid dienone is 2. The minimum atomic E-state index is -0.514. The first-order valence-electron chi connectivity index (χ1n) is 12.7. The van der Waals surface area contributed by atoms with Crippen LogP contribution < -0.4 is 14.4 Å². The Hall–Kier alpha value is -4.19. The average molecular weight is 492 g/mol. The van der Waals surface area contributed by atoms with E-state index in [1.165, 1.54) is 4.90 Å². The highest BCUT2D eigenvalue weighted by atomic mass is 16.5. The van der Waals surface area contributed by atoms with Crippen molar-refractivity contribution in [2.75, 3.05) is 4.90 Å². The summed E-state index contributed by atoms with van der Waals surface area (Å²) in [5.41, 5.74) is 1.92. The maximum absolute atomic E-state index is 13.3. The first-order valence-corrected chi connectivity index (χ1v) is 12.7. The van der Waals surface area contributed by atoms with Crippen molar-refractivity contribution in [3.05, 3.63) is 102 Å². The highest BCUT2D eigenvalue weighted by Gasteiger charge is 2.67. The molecule has 37 heavy (non-hydrogen) atoms. The van der Waals surface area contributed by atoms with Gasteiger partial charge >= 0.3 is 5.97 Å². The Labute approximate surface area is 214 Å². The lowest BCUT2D eigenvalue weighted by Crippen LogP contribution is -2.40. The molecule has 8 rings (SSSR count). The second-order valence-electron chi connectivity index (χ2n) is 10.3. The summed E-state index contributed by atoms with van der Waals surface area (Å²) in [4.78, 5) is 40.6. The van der Waals surface area contributed by atoms with Crippen LogP contribution in [0.5, 0.6) is 11.5 Å². The molecule has 3 aromatic carbocycles. The van der Waals surface area contributed by atoms with Gasteiger partial charge in [-0.2, -0.15) is 0 Å². The minimum Gasteiger partial charge on any atom is -0.489 e. The maximum atomic E-state index is 13.3. The van der Waals surface area contributed by atoms with E-state index in [0.29, 0.717) is 41.2 Å². The van der Waals surface area contributed by atoms with Gasteiger partial charge in [-0.15, -0.1) is 0 Å². The molecule has 1 saturated heterocycles. The Bertz CT molecular complexity index is 1380. The van der Waals surface area contributed by atoms with Gasteiger partial charge in [0.15, 0.2) is 0 Å². The number of carbonyl (C=O) groups is 3. The molecule has 2 saturated carbocycles. The fourth-order valence-corrected chi connectivity index (χ4v) is 6.47. The number of benzene rings is 3. The van der Waals surface area contributed by atoms with Crippen molar-refractivity contribution >= 4 is 23.5 Å². The first-order chi connectivity index (χ1) is 18.1. The quantitative estimate of drug-likeness (QED) is 0.209. The number of nitrogens with zero attached hydrogens (tertiary/aromatic N) is 1. The van der Waals surface area contributed by atoms with Crippen LogP contribution >= 0.6 is 0 Å². The molecule has 0 N–H and O–H groups in total. The predicted molar refractivity (Wildman–Crippen MR) is 136 cm³/mol. The topological polar surface area (TPSA) is 72.9 Å². The molecule has 5 aliphatic rings. The zero-order chi connectivity index (χ0) is 25.1. The second-order valence-corrected chi connectivity index (χ2v) is 10.3. The number of carbonyl (C=O) groups excluding carboxylic acids is 3. The summed E-state index contributed by atoms with van der Waals surface area (Å²) in [5.74, 6) is 1.37. The van der Waals surface area contributed by atoms with E-state index in [1.54, 1.807) is 48.5 Å². The molecular formula is C31H25NO5. The lowest BCUT2D eigenvalue weighted by molar-refractivity contribution is -0.124.